The Morgan fingerprint density at radius 1 is 1.10 bits per heavy atom. The number of piperidine rings is 1. The van der Waals surface area contributed by atoms with Crippen molar-refractivity contribution in [2.24, 2.45) is 9.98 Å². The van der Waals surface area contributed by atoms with E-state index in [-0.39, 0.29) is 11.8 Å². The maximum atomic E-state index is 13.3. The Morgan fingerprint density at radius 2 is 1.82 bits per heavy atom. The van der Waals surface area contributed by atoms with Crippen LogP contribution in [0.2, 0.25) is 0 Å². The molecule has 0 spiro atoms. The largest absolute Gasteiger partial charge is 0.326 e. The first-order valence-electron chi connectivity index (χ1n) is 14.2. The smallest absolute Gasteiger partial charge is 0.308 e. The van der Waals surface area contributed by atoms with Crippen LogP contribution < -0.4 is 10.2 Å². The average Bonchev–Trinajstić information content (AvgIpc) is 3.34. The van der Waals surface area contributed by atoms with Crippen LogP contribution in [0.15, 0.2) is 76.0 Å². The van der Waals surface area contributed by atoms with E-state index in [4.69, 9.17) is 4.99 Å². The summed E-state index contributed by atoms with van der Waals surface area (Å²) in [6.45, 7) is 4.65. The molecule has 2 unspecified atom stereocenters. The van der Waals surface area contributed by atoms with Crippen molar-refractivity contribution in [3.63, 3.8) is 0 Å². The van der Waals surface area contributed by atoms with Crippen molar-refractivity contribution < 1.29 is 13.7 Å². The molecule has 0 saturated carbocycles. The maximum absolute atomic E-state index is 13.3. The predicted octanol–water partition coefficient (Wildman–Crippen LogP) is 5.81. The summed E-state index contributed by atoms with van der Waals surface area (Å²) in [5.74, 6) is 0.885. The zero-order chi connectivity index (χ0) is 27.0. The second-order valence-corrected chi connectivity index (χ2v) is 11.4. The Hall–Kier alpha value is -3.36. The van der Waals surface area contributed by atoms with Crippen molar-refractivity contribution in [3.8, 4) is 0 Å². The molecule has 39 heavy (non-hydrogen) atoms. The molecule has 204 valence electrons. The highest BCUT2D eigenvalue weighted by atomic mass is 19.1. The predicted molar refractivity (Wildman–Crippen MR) is 155 cm³/mol. The fraction of sp³-hybridized carbons (Fsp3) is 0.452. The van der Waals surface area contributed by atoms with E-state index in [0.29, 0.717) is 30.4 Å². The van der Waals surface area contributed by atoms with Gasteiger partial charge in [0.2, 0.25) is 5.84 Å². The normalized spacial score (nSPS) is 27.9. The number of anilines is 2. The molecule has 1 N–H and O–H groups in total. The van der Waals surface area contributed by atoms with Gasteiger partial charge in [0.25, 0.3) is 0 Å². The molecule has 2 aromatic rings. The van der Waals surface area contributed by atoms with E-state index in [1.54, 1.807) is 17.0 Å². The fourth-order valence-corrected chi connectivity index (χ4v) is 7.17. The van der Waals surface area contributed by atoms with E-state index in [1.165, 1.54) is 49.3 Å². The fourth-order valence-electron chi connectivity index (χ4n) is 7.17. The molecule has 0 aromatic heterocycles. The number of fused-ring (bicyclic) bond motifs is 2. The molecule has 4 heterocycles. The lowest BCUT2D eigenvalue weighted by Gasteiger charge is -2.46. The number of benzene rings is 2. The van der Waals surface area contributed by atoms with Gasteiger partial charge in [-0.1, -0.05) is 18.2 Å². The van der Waals surface area contributed by atoms with E-state index in [2.05, 4.69) is 29.2 Å². The number of dihydropyridines is 1. The Labute approximate surface area is 230 Å². The Balaban J connectivity index is 1.11. The van der Waals surface area contributed by atoms with Crippen LogP contribution in [0.3, 0.4) is 0 Å². The molecule has 7 nitrogen and oxygen atoms in total. The maximum Gasteiger partial charge on any atom is 0.326 e. The second kappa shape index (κ2) is 10.7. The molecular weight excluding hydrogens is 491 g/mol. The minimum Gasteiger partial charge on any atom is -0.308 e. The van der Waals surface area contributed by atoms with Crippen molar-refractivity contribution in [3.05, 3.63) is 71.8 Å². The second-order valence-electron chi connectivity index (χ2n) is 11.4. The SMILES string of the molecule is CC1=NC2=C(CCN=C2)[N+]1(C)C1C[C@H]2CC[C@@H](C1)N2CCCN(C(=O)Nc1ccc(F)cc1)c1ccccc1. The number of amides is 2. The van der Waals surface area contributed by atoms with Gasteiger partial charge >= 0.3 is 6.03 Å². The highest BCUT2D eigenvalue weighted by molar-refractivity contribution is 6.01. The van der Waals surface area contributed by atoms with E-state index in [1.807, 2.05) is 36.5 Å². The highest BCUT2D eigenvalue weighted by Crippen LogP contribution is 2.44. The molecule has 2 aromatic carbocycles. The van der Waals surface area contributed by atoms with Crippen LogP contribution in [0.25, 0.3) is 0 Å². The summed E-state index contributed by atoms with van der Waals surface area (Å²) in [5.41, 5.74) is 3.99. The van der Waals surface area contributed by atoms with Gasteiger partial charge in [-0.25, -0.2) is 13.7 Å². The zero-order valence-electron chi connectivity index (χ0n) is 22.9. The van der Waals surface area contributed by atoms with Crippen LogP contribution >= 0.6 is 0 Å². The number of aliphatic imine (C=N–C) groups is 2. The molecule has 4 atom stereocenters. The number of hydrogen-bond donors (Lipinski definition) is 1. The molecule has 0 radical (unpaired) electrons. The Bertz CT molecular complexity index is 1290. The summed E-state index contributed by atoms with van der Waals surface area (Å²) in [4.78, 5) is 27.2. The first-order valence-corrected chi connectivity index (χ1v) is 14.2. The standard InChI is InChI=1S/C31H37FN6O/c1-22-34-29-21-33-16-15-30(29)38(22,2)28-19-26-13-14-27(20-28)36(26)17-6-18-37(25-7-4-3-5-8-25)31(39)35-24-11-9-23(32)10-12-24/h3-5,7-12,21,26-28H,6,13-20H2,1-2H3/p+1/t26-,27+,28?,38?. The number of urea groups is 1. The van der Waals surface area contributed by atoms with Crippen LogP contribution in [0.4, 0.5) is 20.6 Å². The number of quaternary nitrogens is 1. The minimum atomic E-state index is -0.320. The van der Waals surface area contributed by atoms with Gasteiger partial charge in [-0.05, 0) is 55.7 Å². The van der Waals surface area contributed by atoms with E-state index < -0.39 is 0 Å². The van der Waals surface area contributed by atoms with Crippen LogP contribution in [-0.2, 0) is 0 Å². The number of carbonyl (C=O) groups excluding carboxylic acids is 1. The van der Waals surface area contributed by atoms with Crippen LogP contribution in [0, 0.1) is 5.82 Å². The van der Waals surface area contributed by atoms with Crippen LogP contribution in [-0.4, -0.2) is 72.3 Å². The quantitative estimate of drug-likeness (QED) is 0.460. The number of allylic oxidation sites excluding steroid dienone is 1. The molecule has 0 aliphatic carbocycles. The molecule has 2 fully saturated rings. The van der Waals surface area contributed by atoms with Crippen molar-refractivity contribution in [1.29, 1.82) is 0 Å². The number of carbonyl (C=O) groups is 1. The van der Waals surface area contributed by atoms with Gasteiger partial charge in [-0.15, -0.1) is 0 Å². The van der Waals surface area contributed by atoms with Crippen molar-refractivity contribution in [2.75, 3.05) is 36.9 Å². The summed E-state index contributed by atoms with van der Waals surface area (Å²) in [7, 11) is 2.37. The third kappa shape index (κ3) is 4.92. The van der Waals surface area contributed by atoms with Crippen LogP contribution in [0.1, 0.15) is 45.4 Å². The number of nitrogens with one attached hydrogen (secondary N) is 1. The third-order valence-electron chi connectivity index (χ3n) is 9.30. The van der Waals surface area contributed by atoms with Crippen molar-refractivity contribution in [1.82, 2.24) is 4.90 Å². The number of rotatable bonds is 7. The first kappa shape index (κ1) is 25.9. The highest BCUT2D eigenvalue weighted by Gasteiger charge is 2.52. The molecule has 6 rings (SSSR count). The molecule has 2 amide bonds. The molecule has 2 bridgehead atoms. The molecular formula is C31H38FN6O+. The van der Waals surface area contributed by atoms with Crippen molar-refractivity contribution >= 4 is 29.5 Å². The summed E-state index contributed by atoms with van der Waals surface area (Å²) in [5, 5.41) is 2.93. The lowest BCUT2D eigenvalue weighted by atomic mass is 9.92. The van der Waals surface area contributed by atoms with E-state index in [0.717, 1.165) is 41.8 Å². The number of amidine groups is 1. The number of nitrogens with zero attached hydrogens (tertiary/aromatic N) is 5. The summed E-state index contributed by atoms with van der Waals surface area (Å²) >= 11 is 0. The molecule has 4 aliphatic heterocycles. The molecule has 8 heteroatoms. The van der Waals surface area contributed by atoms with Gasteiger partial charge in [0.1, 0.15) is 23.3 Å². The number of halogens is 1. The van der Waals surface area contributed by atoms with Gasteiger partial charge in [0.05, 0.1) is 13.3 Å². The summed E-state index contributed by atoms with van der Waals surface area (Å²) < 4.78 is 14.2. The minimum absolute atomic E-state index is 0.198. The van der Waals surface area contributed by atoms with Gasteiger partial charge in [-0.3, -0.25) is 14.8 Å². The molecule has 2 saturated heterocycles. The summed E-state index contributed by atoms with van der Waals surface area (Å²) in [6, 6.07) is 17.2. The lowest BCUT2D eigenvalue weighted by Crippen LogP contribution is -2.59. The lowest BCUT2D eigenvalue weighted by molar-refractivity contribution is -0.811. The average molecular weight is 530 g/mol. The van der Waals surface area contributed by atoms with Gasteiger partial charge in [0, 0.05) is 69.3 Å². The summed E-state index contributed by atoms with van der Waals surface area (Å²) in [6.07, 6.45) is 8.73. The van der Waals surface area contributed by atoms with Gasteiger partial charge < -0.3 is 5.32 Å². The Morgan fingerprint density at radius 3 is 2.54 bits per heavy atom. The molecule has 4 aliphatic rings. The zero-order valence-corrected chi connectivity index (χ0v) is 22.9. The monoisotopic (exact) mass is 529 g/mol. The van der Waals surface area contributed by atoms with Crippen molar-refractivity contribution in [2.45, 2.75) is 63.6 Å². The van der Waals surface area contributed by atoms with Gasteiger partial charge in [0.15, 0.2) is 0 Å². The Kier molecular flexibility index (Phi) is 7.08. The van der Waals surface area contributed by atoms with Gasteiger partial charge in [-0.2, -0.15) is 4.99 Å². The number of para-hydroxylation sites is 1. The third-order valence-corrected chi connectivity index (χ3v) is 9.30. The topological polar surface area (TPSA) is 60.3 Å². The van der Waals surface area contributed by atoms with Crippen LogP contribution in [0.5, 0.6) is 0 Å². The number of hydrogen-bond acceptors (Lipinski definition) is 4. The first-order chi connectivity index (χ1) is 18.9. The van der Waals surface area contributed by atoms with E-state index in [9.17, 15) is 9.18 Å². The van der Waals surface area contributed by atoms with E-state index >= 15 is 0 Å².